The standard InChI is InChI=1S/C18H21N3O4/c1-11-4-5-13(15-19-12(2)9-25-15)8-14(11)20-17(24)21-7-6-18(3,10-21)16(22)23/h4-5,8-9H,6-7,10H2,1-3H3,(H,20,24)(H,22,23). The van der Waals surface area contributed by atoms with Crippen LogP contribution < -0.4 is 5.32 Å². The van der Waals surface area contributed by atoms with Crippen LogP contribution in [0.15, 0.2) is 28.9 Å². The van der Waals surface area contributed by atoms with Crippen molar-refractivity contribution >= 4 is 17.7 Å². The highest BCUT2D eigenvalue weighted by atomic mass is 16.4. The fourth-order valence-electron chi connectivity index (χ4n) is 2.88. The number of amides is 2. The van der Waals surface area contributed by atoms with Crippen LogP contribution in [-0.4, -0.2) is 40.1 Å². The predicted octanol–water partition coefficient (Wildman–Crippen LogP) is 3.29. The second kappa shape index (κ2) is 6.23. The highest BCUT2D eigenvalue weighted by molar-refractivity contribution is 5.92. The van der Waals surface area contributed by atoms with Gasteiger partial charge in [-0.2, -0.15) is 0 Å². The number of carbonyl (C=O) groups excluding carboxylic acids is 1. The van der Waals surface area contributed by atoms with Crippen molar-refractivity contribution in [3.05, 3.63) is 35.7 Å². The molecule has 1 fully saturated rings. The van der Waals surface area contributed by atoms with Crippen molar-refractivity contribution < 1.29 is 19.1 Å². The highest BCUT2D eigenvalue weighted by Gasteiger charge is 2.42. The molecule has 25 heavy (non-hydrogen) atoms. The number of hydrogen-bond donors (Lipinski definition) is 2. The van der Waals surface area contributed by atoms with E-state index < -0.39 is 11.4 Å². The molecule has 1 aliphatic heterocycles. The number of nitrogens with one attached hydrogen (secondary N) is 1. The minimum atomic E-state index is -0.885. The third kappa shape index (κ3) is 3.35. The summed E-state index contributed by atoms with van der Waals surface area (Å²) in [7, 11) is 0. The zero-order chi connectivity index (χ0) is 18.2. The lowest BCUT2D eigenvalue weighted by molar-refractivity contribution is -0.146. The van der Waals surface area contributed by atoms with Crippen LogP contribution in [0.4, 0.5) is 10.5 Å². The van der Waals surface area contributed by atoms with Gasteiger partial charge in [0.15, 0.2) is 0 Å². The van der Waals surface area contributed by atoms with Gasteiger partial charge in [-0.1, -0.05) is 6.07 Å². The number of aryl methyl sites for hydroxylation is 2. The van der Waals surface area contributed by atoms with E-state index in [1.54, 1.807) is 13.2 Å². The average Bonchev–Trinajstić information content (AvgIpc) is 3.17. The Morgan fingerprint density at radius 2 is 2.12 bits per heavy atom. The molecule has 2 N–H and O–H groups in total. The molecule has 0 radical (unpaired) electrons. The normalized spacial score (nSPS) is 19.9. The number of anilines is 1. The molecule has 0 aliphatic carbocycles. The second-order valence-corrected chi connectivity index (χ2v) is 6.79. The van der Waals surface area contributed by atoms with E-state index in [9.17, 15) is 14.7 Å². The van der Waals surface area contributed by atoms with Gasteiger partial charge in [-0.3, -0.25) is 4.79 Å². The van der Waals surface area contributed by atoms with Gasteiger partial charge in [-0.25, -0.2) is 9.78 Å². The maximum atomic E-state index is 12.5. The number of benzene rings is 1. The van der Waals surface area contributed by atoms with Crippen LogP contribution in [0.25, 0.3) is 11.5 Å². The van der Waals surface area contributed by atoms with Gasteiger partial charge in [0.05, 0.1) is 11.1 Å². The Kier molecular flexibility index (Phi) is 4.24. The lowest BCUT2D eigenvalue weighted by Gasteiger charge is -2.21. The second-order valence-electron chi connectivity index (χ2n) is 6.79. The quantitative estimate of drug-likeness (QED) is 0.891. The van der Waals surface area contributed by atoms with Crippen molar-refractivity contribution in [2.75, 3.05) is 18.4 Å². The summed E-state index contributed by atoms with van der Waals surface area (Å²) in [6, 6.07) is 5.28. The van der Waals surface area contributed by atoms with E-state index in [0.717, 1.165) is 16.8 Å². The van der Waals surface area contributed by atoms with Gasteiger partial charge >= 0.3 is 12.0 Å². The third-order valence-electron chi connectivity index (χ3n) is 4.62. The minimum absolute atomic E-state index is 0.200. The third-order valence-corrected chi connectivity index (χ3v) is 4.62. The first kappa shape index (κ1) is 17.0. The zero-order valence-corrected chi connectivity index (χ0v) is 14.5. The summed E-state index contributed by atoms with van der Waals surface area (Å²) >= 11 is 0. The van der Waals surface area contributed by atoms with E-state index in [4.69, 9.17) is 4.42 Å². The molecular formula is C18H21N3O4. The van der Waals surface area contributed by atoms with Crippen molar-refractivity contribution in [2.24, 2.45) is 5.41 Å². The monoisotopic (exact) mass is 343 g/mol. The number of likely N-dealkylation sites (tertiary alicyclic amines) is 1. The van der Waals surface area contributed by atoms with Crippen molar-refractivity contribution in [1.29, 1.82) is 0 Å². The SMILES string of the molecule is Cc1coc(-c2ccc(C)c(NC(=O)N3CCC(C)(C(=O)O)C3)c2)n1. The molecule has 1 aliphatic rings. The Balaban J connectivity index is 1.77. The molecule has 1 unspecified atom stereocenters. The molecule has 3 rings (SSSR count). The van der Waals surface area contributed by atoms with Crippen molar-refractivity contribution in [3.8, 4) is 11.5 Å². The van der Waals surface area contributed by atoms with Gasteiger partial charge in [-0.15, -0.1) is 0 Å². The first-order chi connectivity index (χ1) is 11.8. The fraction of sp³-hybridized carbons (Fsp3) is 0.389. The Labute approximate surface area is 145 Å². The summed E-state index contributed by atoms with van der Waals surface area (Å²) in [6.07, 6.45) is 2.02. The summed E-state index contributed by atoms with van der Waals surface area (Å²) in [4.78, 5) is 29.7. The maximum absolute atomic E-state index is 12.5. The van der Waals surface area contributed by atoms with Crippen LogP contribution in [0.3, 0.4) is 0 Å². The van der Waals surface area contributed by atoms with Gasteiger partial charge in [0.2, 0.25) is 5.89 Å². The van der Waals surface area contributed by atoms with Crippen LogP contribution in [-0.2, 0) is 4.79 Å². The van der Waals surface area contributed by atoms with E-state index in [-0.39, 0.29) is 12.6 Å². The van der Waals surface area contributed by atoms with E-state index in [1.807, 2.05) is 32.0 Å². The number of aliphatic carboxylic acids is 1. The Morgan fingerprint density at radius 1 is 1.36 bits per heavy atom. The molecule has 1 aromatic carbocycles. The van der Waals surface area contributed by atoms with Crippen LogP contribution in [0, 0.1) is 19.3 Å². The number of urea groups is 1. The van der Waals surface area contributed by atoms with Gasteiger partial charge in [-0.05, 0) is 44.9 Å². The molecule has 0 saturated carbocycles. The van der Waals surface area contributed by atoms with Crippen LogP contribution in [0.2, 0.25) is 0 Å². The minimum Gasteiger partial charge on any atom is -0.481 e. The molecule has 132 valence electrons. The number of carboxylic acids is 1. The Hall–Kier alpha value is -2.83. The summed E-state index contributed by atoms with van der Waals surface area (Å²) in [6.45, 7) is 6.03. The van der Waals surface area contributed by atoms with Crippen LogP contribution in [0.5, 0.6) is 0 Å². The molecule has 7 nitrogen and oxygen atoms in total. The summed E-state index contributed by atoms with van der Waals surface area (Å²) in [5.41, 5.74) is 2.23. The van der Waals surface area contributed by atoms with E-state index in [1.165, 1.54) is 4.90 Å². The van der Waals surface area contributed by atoms with E-state index >= 15 is 0 Å². The van der Waals surface area contributed by atoms with E-state index in [0.29, 0.717) is 24.5 Å². The molecule has 1 atom stereocenters. The number of carboxylic acid groups (broad SMARTS) is 1. The largest absolute Gasteiger partial charge is 0.481 e. The number of hydrogen-bond acceptors (Lipinski definition) is 4. The molecule has 0 spiro atoms. The van der Waals surface area contributed by atoms with Gasteiger partial charge in [0.25, 0.3) is 0 Å². The smallest absolute Gasteiger partial charge is 0.321 e. The molecule has 0 bridgehead atoms. The Bertz CT molecular complexity index is 829. The first-order valence-electron chi connectivity index (χ1n) is 8.11. The van der Waals surface area contributed by atoms with Gasteiger partial charge < -0.3 is 19.7 Å². The number of rotatable bonds is 3. The fourth-order valence-corrected chi connectivity index (χ4v) is 2.88. The molecule has 1 saturated heterocycles. The highest BCUT2D eigenvalue weighted by Crippen LogP contribution is 2.31. The molecule has 2 aromatic rings. The molecule has 7 heteroatoms. The first-order valence-corrected chi connectivity index (χ1v) is 8.11. The summed E-state index contributed by atoms with van der Waals surface area (Å²) < 4.78 is 5.40. The average molecular weight is 343 g/mol. The van der Waals surface area contributed by atoms with E-state index in [2.05, 4.69) is 10.3 Å². The number of oxazole rings is 1. The molecule has 1 aromatic heterocycles. The van der Waals surface area contributed by atoms with Crippen LogP contribution in [0.1, 0.15) is 24.6 Å². The summed E-state index contributed by atoms with van der Waals surface area (Å²) in [5, 5.41) is 12.2. The lowest BCUT2D eigenvalue weighted by atomic mass is 9.90. The molecule has 2 amide bonds. The number of aromatic nitrogens is 1. The predicted molar refractivity (Wildman–Crippen MR) is 92.4 cm³/mol. The number of nitrogens with zero attached hydrogens (tertiary/aromatic N) is 2. The van der Waals surface area contributed by atoms with Crippen molar-refractivity contribution in [2.45, 2.75) is 27.2 Å². The Morgan fingerprint density at radius 3 is 2.72 bits per heavy atom. The zero-order valence-electron chi connectivity index (χ0n) is 14.5. The summed E-state index contributed by atoms with van der Waals surface area (Å²) in [5.74, 6) is -0.382. The van der Waals surface area contributed by atoms with Crippen molar-refractivity contribution in [1.82, 2.24) is 9.88 Å². The molecular weight excluding hydrogens is 322 g/mol. The lowest BCUT2D eigenvalue weighted by Crippen LogP contribution is -2.37. The van der Waals surface area contributed by atoms with Gasteiger partial charge in [0, 0.05) is 24.3 Å². The topological polar surface area (TPSA) is 95.7 Å². The number of carbonyl (C=O) groups is 2. The van der Waals surface area contributed by atoms with Gasteiger partial charge in [0.1, 0.15) is 6.26 Å². The maximum Gasteiger partial charge on any atom is 0.321 e. The molecule has 2 heterocycles. The van der Waals surface area contributed by atoms with Crippen molar-refractivity contribution in [3.63, 3.8) is 0 Å². The van der Waals surface area contributed by atoms with Crippen LogP contribution >= 0.6 is 0 Å².